The molecular formula is C14H16IN3O3. The molecule has 6 nitrogen and oxygen atoms in total. The fourth-order valence-corrected chi connectivity index (χ4v) is 2.54. The zero-order valence-corrected chi connectivity index (χ0v) is 13.6. The first kappa shape index (κ1) is 15.8. The van der Waals surface area contributed by atoms with E-state index in [9.17, 15) is 9.90 Å². The van der Waals surface area contributed by atoms with Crippen molar-refractivity contribution in [2.24, 2.45) is 0 Å². The molecule has 1 amide bonds. The Hall–Kier alpha value is -1.61. The van der Waals surface area contributed by atoms with Crippen LogP contribution < -0.4 is 0 Å². The van der Waals surface area contributed by atoms with Gasteiger partial charge in [0.1, 0.15) is 9.74 Å². The Morgan fingerprint density at radius 1 is 1.38 bits per heavy atom. The highest BCUT2D eigenvalue weighted by Gasteiger charge is 2.26. The number of nitrogens with zero attached hydrogens (tertiary/aromatic N) is 3. The van der Waals surface area contributed by atoms with Crippen molar-refractivity contribution in [3.05, 3.63) is 51.9 Å². The monoisotopic (exact) mass is 401 g/mol. The van der Waals surface area contributed by atoms with Crippen molar-refractivity contribution in [1.82, 2.24) is 14.7 Å². The van der Waals surface area contributed by atoms with E-state index in [-0.39, 0.29) is 6.54 Å². The lowest BCUT2D eigenvalue weighted by molar-refractivity contribution is 0.0804. The second-order valence-electron chi connectivity index (χ2n) is 4.70. The number of hydrogen-bond acceptors (Lipinski definition) is 3. The first-order valence-corrected chi connectivity index (χ1v) is 7.44. The summed E-state index contributed by atoms with van der Waals surface area (Å²) in [4.78, 5) is 12.0. The minimum atomic E-state index is -1.07. The molecule has 0 saturated carbocycles. The second kappa shape index (κ2) is 6.90. The number of aromatic nitrogens is 2. The van der Waals surface area contributed by atoms with E-state index in [1.807, 2.05) is 36.4 Å². The van der Waals surface area contributed by atoms with Crippen LogP contribution in [0.25, 0.3) is 0 Å². The van der Waals surface area contributed by atoms with Crippen LogP contribution in [0.2, 0.25) is 0 Å². The third kappa shape index (κ3) is 3.94. The normalized spacial score (nSPS) is 13.7. The van der Waals surface area contributed by atoms with Crippen LogP contribution in [0.1, 0.15) is 11.6 Å². The van der Waals surface area contributed by atoms with E-state index < -0.39 is 18.2 Å². The van der Waals surface area contributed by atoms with Gasteiger partial charge in [-0.05, 0) is 34.2 Å². The van der Waals surface area contributed by atoms with Crippen LogP contribution >= 0.6 is 22.6 Å². The Balaban J connectivity index is 2.30. The summed E-state index contributed by atoms with van der Waals surface area (Å²) in [5, 5.41) is 23.8. The number of benzene rings is 1. The summed E-state index contributed by atoms with van der Waals surface area (Å²) in [6.45, 7) is 0.00529. The van der Waals surface area contributed by atoms with Gasteiger partial charge in [0, 0.05) is 13.2 Å². The third-order valence-electron chi connectivity index (χ3n) is 3.15. The van der Waals surface area contributed by atoms with E-state index in [2.05, 4.69) is 27.7 Å². The lowest BCUT2D eigenvalue weighted by atomic mass is 10.0. The molecule has 7 heteroatoms. The van der Waals surface area contributed by atoms with Crippen LogP contribution in [0.15, 0.2) is 42.6 Å². The molecule has 2 atom stereocenters. The molecule has 0 bridgehead atoms. The smallest absolute Gasteiger partial charge is 0.407 e. The van der Waals surface area contributed by atoms with Crippen molar-refractivity contribution >= 4 is 28.7 Å². The summed E-state index contributed by atoms with van der Waals surface area (Å²) in [7, 11) is 1.43. The minimum absolute atomic E-state index is 0.00529. The Morgan fingerprint density at radius 2 is 2.05 bits per heavy atom. The molecule has 2 N–H and O–H groups in total. The van der Waals surface area contributed by atoms with Gasteiger partial charge >= 0.3 is 6.09 Å². The van der Waals surface area contributed by atoms with Gasteiger partial charge in [0.25, 0.3) is 0 Å². The van der Waals surface area contributed by atoms with E-state index in [1.165, 1.54) is 7.05 Å². The van der Waals surface area contributed by atoms with Crippen LogP contribution in [-0.4, -0.2) is 50.7 Å². The van der Waals surface area contributed by atoms with Crippen LogP contribution in [0.5, 0.6) is 0 Å². The summed E-state index contributed by atoms with van der Waals surface area (Å²) in [6.07, 6.45) is -0.191. The Bertz CT molecular complexity index is 603. The molecule has 0 radical (unpaired) electrons. The molecule has 0 aliphatic rings. The highest BCUT2D eigenvalue weighted by atomic mass is 127. The SMILES string of the molecule is CN(CC(O)C(c1ccccc1)n1ccc(I)n1)C(=O)O. The highest BCUT2D eigenvalue weighted by molar-refractivity contribution is 14.1. The number of rotatable bonds is 5. The number of halogens is 1. The van der Waals surface area contributed by atoms with Crippen molar-refractivity contribution in [1.29, 1.82) is 0 Å². The zero-order valence-electron chi connectivity index (χ0n) is 11.4. The molecule has 1 aromatic carbocycles. The maximum absolute atomic E-state index is 10.9. The molecule has 21 heavy (non-hydrogen) atoms. The van der Waals surface area contributed by atoms with Crippen LogP contribution in [-0.2, 0) is 0 Å². The van der Waals surface area contributed by atoms with Crippen molar-refractivity contribution < 1.29 is 15.0 Å². The number of amides is 1. The van der Waals surface area contributed by atoms with Gasteiger partial charge < -0.3 is 15.1 Å². The predicted molar refractivity (Wildman–Crippen MR) is 86.2 cm³/mol. The molecule has 0 saturated heterocycles. The zero-order chi connectivity index (χ0) is 15.4. The van der Waals surface area contributed by atoms with Gasteiger partial charge in [-0.15, -0.1) is 0 Å². The molecule has 2 rings (SSSR count). The summed E-state index contributed by atoms with van der Waals surface area (Å²) < 4.78 is 2.48. The molecule has 2 aromatic rings. The Kier molecular flexibility index (Phi) is 5.18. The maximum Gasteiger partial charge on any atom is 0.407 e. The standard InChI is InChI=1S/C14H16IN3O3/c1-17(14(20)21)9-11(19)13(10-5-3-2-4-6-10)18-8-7-12(15)16-18/h2-8,11,13,19H,9H2,1H3,(H,20,21). The van der Waals surface area contributed by atoms with Crippen molar-refractivity contribution in [3.63, 3.8) is 0 Å². The average Bonchev–Trinajstić information content (AvgIpc) is 2.86. The molecule has 0 fully saturated rings. The van der Waals surface area contributed by atoms with Gasteiger partial charge in [0.05, 0.1) is 12.6 Å². The molecular weight excluding hydrogens is 385 g/mol. The van der Waals surface area contributed by atoms with E-state index in [0.29, 0.717) is 0 Å². The number of aliphatic hydroxyl groups excluding tert-OH is 1. The number of likely N-dealkylation sites (N-methyl/N-ethyl adjacent to an activating group) is 1. The van der Waals surface area contributed by atoms with Gasteiger partial charge in [-0.3, -0.25) is 4.68 Å². The molecule has 0 aliphatic heterocycles. The van der Waals surface area contributed by atoms with Crippen LogP contribution in [0.3, 0.4) is 0 Å². The number of carboxylic acid groups (broad SMARTS) is 1. The van der Waals surface area contributed by atoms with E-state index >= 15 is 0 Å². The average molecular weight is 401 g/mol. The van der Waals surface area contributed by atoms with Crippen molar-refractivity contribution in [2.75, 3.05) is 13.6 Å². The number of hydrogen-bond donors (Lipinski definition) is 2. The lowest BCUT2D eigenvalue weighted by Gasteiger charge is -2.26. The van der Waals surface area contributed by atoms with Gasteiger partial charge in [0.15, 0.2) is 0 Å². The molecule has 0 spiro atoms. The quantitative estimate of drug-likeness (QED) is 0.752. The first-order valence-electron chi connectivity index (χ1n) is 6.36. The number of aliphatic hydroxyl groups is 1. The van der Waals surface area contributed by atoms with Gasteiger partial charge in [0.2, 0.25) is 0 Å². The van der Waals surface area contributed by atoms with Gasteiger partial charge in [-0.1, -0.05) is 30.3 Å². The Labute approximate surface area is 136 Å². The van der Waals surface area contributed by atoms with Crippen LogP contribution in [0, 0.1) is 3.70 Å². The summed E-state index contributed by atoms with van der Waals surface area (Å²) in [5.41, 5.74) is 0.878. The molecule has 2 unspecified atom stereocenters. The number of carbonyl (C=O) groups is 1. The highest BCUT2D eigenvalue weighted by Crippen LogP contribution is 2.22. The fourth-order valence-electron chi connectivity index (χ4n) is 2.13. The van der Waals surface area contributed by atoms with Gasteiger partial charge in [-0.25, -0.2) is 4.79 Å². The Morgan fingerprint density at radius 3 is 2.57 bits per heavy atom. The largest absolute Gasteiger partial charge is 0.465 e. The molecule has 1 heterocycles. The lowest BCUT2D eigenvalue weighted by Crippen LogP contribution is -2.38. The van der Waals surface area contributed by atoms with Crippen molar-refractivity contribution in [3.8, 4) is 0 Å². The first-order chi connectivity index (χ1) is 9.99. The summed E-state index contributed by atoms with van der Waals surface area (Å²) in [6, 6.07) is 10.8. The van der Waals surface area contributed by atoms with E-state index in [1.54, 1.807) is 10.9 Å². The fraction of sp³-hybridized carbons (Fsp3) is 0.286. The van der Waals surface area contributed by atoms with Crippen molar-refractivity contribution in [2.45, 2.75) is 12.1 Å². The molecule has 1 aromatic heterocycles. The summed E-state index contributed by atoms with van der Waals surface area (Å²) in [5.74, 6) is 0. The summed E-state index contributed by atoms with van der Waals surface area (Å²) >= 11 is 2.09. The molecule has 112 valence electrons. The predicted octanol–water partition coefficient (Wildman–Crippen LogP) is 2.05. The third-order valence-corrected chi connectivity index (χ3v) is 3.73. The van der Waals surface area contributed by atoms with E-state index in [0.717, 1.165) is 14.2 Å². The maximum atomic E-state index is 10.9. The topological polar surface area (TPSA) is 78.6 Å². The molecule has 0 aliphatic carbocycles. The van der Waals surface area contributed by atoms with Gasteiger partial charge in [-0.2, -0.15) is 5.10 Å². The van der Waals surface area contributed by atoms with E-state index in [4.69, 9.17) is 5.11 Å². The second-order valence-corrected chi connectivity index (χ2v) is 5.81. The van der Waals surface area contributed by atoms with Crippen LogP contribution in [0.4, 0.5) is 4.79 Å². The minimum Gasteiger partial charge on any atom is -0.465 e.